The van der Waals surface area contributed by atoms with Crippen molar-refractivity contribution in [3.8, 4) is 28.3 Å². The molecule has 4 N–H and O–H groups in total. The number of halogens is 1. The number of nitrogens with zero attached hydrogens (tertiary/aromatic N) is 1. The van der Waals surface area contributed by atoms with E-state index in [4.69, 9.17) is 4.74 Å². The Balaban J connectivity index is 1.45. The summed E-state index contributed by atoms with van der Waals surface area (Å²) in [6, 6.07) is 27.2. The fourth-order valence-electron chi connectivity index (χ4n) is 5.35. The molecule has 0 saturated heterocycles. The van der Waals surface area contributed by atoms with Gasteiger partial charge in [-0.2, -0.15) is 0 Å². The van der Waals surface area contributed by atoms with Crippen LogP contribution in [-0.4, -0.2) is 25.3 Å². The molecule has 0 amide bonds. The number of non-ortho nitro benzene ring substituents is 1. The van der Waals surface area contributed by atoms with Crippen LogP contribution in [0.2, 0.25) is 0 Å². The third kappa shape index (κ3) is 6.02. The van der Waals surface area contributed by atoms with Crippen molar-refractivity contribution in [3.63, 3.8) is 0 Å². The Morgan fingerprint density at radius 2 is 1.24 bits per heavy atom. The third-order valence-electron chi connectivity index (χ3n) is 7.72. The number of nitro benzene ring substituents is 1. The second kappa shape index (κ2) is 12.3. The van der Waals surface area contributed by atoms with Crippen molar-refractivity contribution in [2.75, 3.05) is 0 Å². The van der Waals surface area contributed by atoms with Crippen molar-refractivity contribution in [1.29, 1.82) is 0 Å². The average molecular weight is 667 g/mol. The van der Waals surface area contributed by atoms with Gasteiger partial charge >= 0.3 is 0 Å². The van der Waals surface area contributed by atoms with Crippen LogP contribution in [0, 0.1) is 24.0 Å². The fourth-order valence-corrected chi connectivity index (χ4v) is 5.86. The van der Waals surface area contributed by atoms with E-state index >= 15 is 0 Å². The van der Waals surface area contributed by atoms with Crippen molar-refractivity contribution in [3.05, 3.63) is 160 Å². The molecule has 11 heteroatoms. The van der Waals surface area contributed by atoms with Crippen LogP contribution in [-0.2, 0) is 6.61 Å². The minimum Gasteiger partial charge on any atom is -0.488 e. The first-order valence-electron chi connectivity index (χ1n) is 14.1. The number of rotatable bonds is 9. The molecule has 0 aliphatic carbocycles. The smallest absolute Gasteiger partial charge is 0.269 e. The highest BCUT2D eigenvalue weighted by atomic mass is 79.9. The number of nitro groups is 1. The van der Waals surface area contributed by atoms with Crippen molar-refractivity contribution in [2.24, 2.45) is 0 Å². The Hall–Kier alpha value is -5.42. The minimum atomic E-state index is -0.775. The van der Waals surface area contributed by atoms with E-state index in [0.717, 1.165) is 27.8 Å². The number of aromatic amines is 4. The summed E-state index contributed by atoms with van der Waals surface area (Å²) in [6.45, 7) is 4.16. The molecule has 0 unspecified atom stereocenters. The summed E-state index contributed by atoms with van der Waals surface area (Å²) in [7, 11) is 0. The van der Waals surface area contributed by atoms with Crippen molar-refractivity contribution >= 4 is 21.6 Å². The second-order valence-electron chi connectivity index (χ2n) is 10.8. The molecular formula is C34H28BrN5O5. The minimum absolute atomic E-state index is 0.00447. The van der Waals surface area contributed by atoms with Gasteiger partial charge in [-0.05, 0) is 76.3 Å². The summed E-state index contributed by atoms with van der Waals surface area (Å²) in [5.74, 6) is -0.248. The average Bonchev–Trinajstić information content (AvgIpc) is 3.60. The van der Waals surface area contributed by atoms with E-state index < -0.39 is 10.8 Å². The highest BCUT2D eigenvalue weighted by molar-refractivity contribution is 9.10. The maximum atomic E-state index is 13.6. The van der Waals surface area contributed by atoms with Gasteiger partial charge < -0.3 is 4.74 Å². The summed E-state index contributed by atoms with van der Waals surface area (Å²) in [5, 5.41) is 22.6. The Bertz CT molecular complexity index is 2010. The maximum absolute atomic E-state index is 13.6. The van der Waals surface area contributed by atoms with Gasteiger partial charge in [0, 0.05) is 18.1 Å². The molecule has 0 aliphatic rings. The number of H-pyrrole nitrogens is 4. The van der Waals surface area contributed by atoms with Gasteiger partial charge in [-0.15, -0.1) is 0 Å². The largest absolute Gasteiger partial charge is 0.488 e. The molecule has 0 atom stereocenters. The topological polar surface area (TPSA) is 150 Å². The van der Waals surface area contributed by atoms with E-state index in [1.54, 1.807) is 18.2 Å². The summed E-state index contributed by atoms with van der Waals surface area (Å²) in [4.78, 5) is 37.7. The van der Waals surface area contributed by atoms with E-state index in [-0.39, 0.29) is 23.4 Å². The van der Waals surface area contributed by atoms with Gasteiger partial charge in [-0.25, -0.2) is 0 Å². The summed E-state index contributed by atoms with van der Waals surface area (Å²) >= 11 is 3.62. The summed E-state index contributed by atoms with van der Waals surface area (Å²) in [5.41, 5.74) is 6.44. The number of hydrogen-bond acceptors (Lipinski definition) is 5. The normalized spacial score (nSPS) is 11.2. The highest BCUT2D eigenvalue weighted by Gasteiger charge is 2.31. The van der Waals surface area contributed by atoms with Gasteiger partial charge in [0.05, 0.1) is 31.9 Å². The standard InChI is InChI=1S/C34H28BrN5O5/c1-19-3-9-22(10-4-19)31-29(33(41)38-36-31)28(30-32(37-39-34(30)42)23-11-5-20(2)6-12-23)24-13-16-27(26(35)17-24)45-18-21-7-14-25(15-8-21)40(43)44/h3-17,28H,18H2,1-2H3,(H2,36,38,41)(H2,37,39,42). The Kier molecular flexibility index (Phi) is 8.10. The van der Waals surface area contributed by atoms with E-state index in [0.29, 0.717) is 38.3 Å². The first kappa shape index (κ1) is 29.6. The SMILES string of the molecule is Cc1ccc(-c2[nH][nH]c(=O)c2C(c2ccc(OCc3ccc([N+](=O)[O-])cc3)c(Br)c2)c2c(-c3ccc(C)cc3)[nH][nH]c2=O)cc1. The number of hydrogen-bond donors (Lipinski definition) is 4. The van der Waals surface area contributed by atoms with Gasteiger partial charge in [0.25, 0.3) is 16.8 Å². The molecule has 4 aromatic carbocycles. The molecule has 6 aromatic rings. The molecule has 226 valence electrons. The quantitative estimate of drug-likeness (QED) is 0.0960. The van der Waals surface area contributed by atoms with Gasteiger partial charge in [-0.1, -0.05) is 65.7 Å². The highest BCUT2D eigenvalue weighted by Crippen LogP contribution is 2.40. The van der Waals surface area contributed by atoms with Crippen LogP contribution in [0.4, 0.5) is 5.69 Å². The Morgan fingerprint density at radius 1 is 0.733 bits per heavy atom. The van der Waals surface area contributed by atoms with Gasteiger partial charge in [0.2, 0.25) is 0 Å². The molecule has 2 heterocycles. The molecule has 0 spiro atoms. The molecule has 0 saturated carbocycles. The Labute approximate surface area is 265 Å². The van der Waals surface area contributed by atoms with E-state index in [2.05, 4.69) is 36.3 Å². The van der Waals surface area contributed by atoms with Crippen LogP contribution in [0.15, 0.2) is 105 Å². The van der Waals surface area contributed by atoms with Crippen LogP contribution in [0.5, 0.6) is 5.75 Å². The lowest BCUT2D eigenvalue weighted by atomic mass is 9.83. The molecule has 2 aromatic heterocycles. The van der Waals surface area contributed by atoms with Crippen LogP contribution in [0.1, 0.15) is 39.3 Å². The van der Waals surface area contributed by atoms with Crippen molar-refractivity contribution in [2.45, 2.75) is 26.4 Å². The van der Waals surface area contributed by atoms with E-state index in [9.17, 15) is 19.7 Å². The van der Waals surface area contributed by atoms with Crippen molar-refractivity contribution in [1.82, 2.24) is 20.4 Å². The lowest BCUT2D eigenvalue weighted by Crippen LogP contribution is -2.20. The zero-order chi connectivity index (χ0) is 31.7. The van der Waals surface area contributed by atoms with Crippen LogP contribution < -0.4 is 15.9 Å². The van der Waals surface area contributed by atoms with E-state index in [1.807, 2.05) is 74.5 Å². The van der Waals surface area contributed by atoms with Crippen LogP contribution in [0.25, 0.3) is 22.5 Å². The predicted molar refractivity (Wildman–Crippen MR) is 176 cm³/mol. The van der Waals surface area contributed by atoms with E-state index in [1.165, 1.54) is 12.1 Å². The first-order chi connectivity index (χ1) is 21.7. The summed E-state index contributed by atoms with van der Waals surface area (Å²) in [6.07, 6.45) is 0. The molecule has 0 aliphatic heterocycles. The predicted octanol–water partition coefficient (Wildman–Crippen LogP) is 7.10. The third-order valence-corrected chi connectivity index (χ3v) is 8.34. The van der Waals surface area contributed by atoms with Gasteiger partial charge in [-0.3, -0.25) is 40.1 Å². The number of ether oxygens (including phenoxy) is 1. The fraction of sp³-hybridized carbons (Fsp3) is 0.118. The van der Waals surface area contributed by atoms with Crippen molar-refractivity contribution < 1.29 is 9.66 Å². The van der Waals surface area contributed by atoms with Gasteiger partial charge in [0.1, 0.15) is 12.4 Å². The van der Waals surface area contributed by atoms with Crippen LogP contribution in [0.3, 0.4) is 0 Å². The molecule has 10 nitrogen and oxygen atoms in total. The summed E-state index contributed by atoms with van der Waals surface area (Å²) < 4.78 is 6.64. The van der Waals surface area contributed by atoms with Crippen LogP contribution >= 0.6 is 15.9 Å². The lowest BCUT2D eigenvalue weighted by Gasteiger charge is -2.19. The Morgan fingerprint density at radius 3 is 1.71 bits per heavy atom. The molecule has 0 fully saturated rings. The molecule has 0 radical (unpaired) electrons. The monoisotopic (exact) mass is 665 g/mol. The molecule has 0 bridgehead atoms. The second-order valence-corrected chi connectivity index (χ2v) is 11.7. The zero-order valence-corrected chi connectivity index (χ0v) is 25.9. The molecular weight excluding hydrogens is 638 g/mol. The number of aryl methyl sites for hydroxylation is 2. The maximum Gasteiger partial charge on any atom is 0.269 e. The number of aromatic nitrogens is 4. The number of benzene rings is 4. The first-order valence-corrected chi connectivity index (χ1v) is 14.9. The van der Waals surface area contributed by atoms with Gasteiger partial charge in [0.15, 0.2) is 0 Å². The lowest BCUT2D eigenvalue weighted by molar-refractivity contribution is -0.384. The zero-order valence-electron chi connectivity index (χ0n) is 24.3. The molecule has 6 rings (SSSR count). The molecule has 45 heavy (non-hydrogen) atoms. The number of nitrogens with one attached hydrogen (secondary N) is 4.